The molecule has 3 aromatic carbocycles. The number of H-pyrrole nitrogens is 1. The van der Waals surface area contributed by atoms with Crippen LogP contribution in [-0.2, 0) is 0 Å². The van der Waals surface area contributed by atoms with Crippen LogP contribution in [0.15, 0.2) is 66.7 Å². The first kappa shape index (κ1) is 16.7. The fraction of sp³-hybridized carbons (Fsp3) is 0.0455. The molecular weight excluding hydrogens is 338 g/mol. The Bertz CT molecular complexity index is 1150. The van der Waals surface area contributed by atoms with Crippen LogP contribution in [-0.4, -0.2) is 23.0 Å². The van der Waals surface area contributed by atoms with E-state index in [4.69, 9.17) is 15.9 Å². The topological polar surface area (TPSA) is 96.9 Å². The van der Waals surface area contributed by atoms with Gasteiger partial charge in [0.1, 0.15) is 11.5 Å². The van der Waals surface area contributed by atoms with Crippen molar-refractivity contribution in [1.29, 1.82) is 0 Å². The quantitative estimate of drug-likeness (QED) is 0.333. The predicted octanol–water partition coefficient (Wildman–Crippen LogP) is 2.68. The molecule has 0 radical (unpaired) electrons. The molecule has 0 bridgehead atoms. The number of hydrogen-bond acceptors (Lipinski definition) is 2. The van der Waals surface area contributed by atoms with Gasteiger partial charge in [0.25, 0.3) is 5.84 Å². The number of aromatic hydroxyl groups is 1. The van der Waals surface area contributed by atoms with Crippen molar-refractivity contribution in [2.45, 2.75) is 0 Å². The maximum atomic E-state index is 11.0. The van der Waals surface area contributed by atoms with E-state index >= 15 is 0 Å². The molecule has 4 aromatic rings. The van der Waals surface area contributed by atoms with Gasteiger partial charge in [-0.25, -0.2) is 0 Å². The van der Waals surface area contributed by atoms with Crippen molar-refractivity contribution in [2.24, 2.45) is 5.73 Å². The monoisotopic (exact) mass is 358 g/mol. The van der Waals surface area contributed by atoms with Gasteiger partial charge in [-0.15, -0.1) is 0 Å². The first-order valence-electron chi connectivity index (χ1n) is 8.54. The van der Waals surface area contributed by atoms with E-state index in [9.17, 15) is 5.11 Å². The summed E-state index contributed by atoms with van der Waals surface area (Å²) >= 11 is 0. The molecule has 5 nitrogen and oxygen atoms in total. The van der Waals surface area contributed by atoms with Crippen LogP contribution >= 0.6 is 0 Å². The molecule has 0 saturated heterocycles. The highest BCUT2D eigenvalue weighted by Crippen LogP contribution is 2.41. The molecular formula is C22H20N3O2+. The Hall–Kier alpha value is -3.73. The van der Waals surface area contributed by atoms with E-state index in [1.807, 2.05) is 66.7 Å². The molecule has 0 aliphatic carbocycles. The largest absolute Gasteiger partial charge is 0.507 e. The van der Waals surface area contributed by atoms with Crippen LogP contribution < -0.4 is 15.9 Å². The predicted molar refractivity (Wildman–Crippen MR) is 108 cm³/mol. The lowest BCUT2D eigenvalue weighted by molar-refractivity contribution is -0.114. The van der Waals surface area contributed by atoms with Crippen molar-refractivity contribution < 1.29 is 15.3 Å². The van der Waals surface area contributed by atoms with Crippen LogP contribution in [0.2, 0.25) is 0 Å². The van der Waals surface area contributed by atoms with Gasteiger partial charge in [0.05, 0.1) is 18.4 Å². The summed E-state index contributed by atoms with van der Waals surface area (Å²) in [5, 5.41) is 17.6. The van der Waals surface area contributed by atoms with E-state index in [1.165, 1.54) is 0 Å². The number of nitrogens with two attached hydrogens (primary N) is 2. The Labute approximate surface area is 156 Å². The molecule has 0 aliphatic heterocycles. The third-order valence-corrected chi connectivity index (χ3v) is 4.65. The van der Waals surface area contributed by atoms with E-state index in [0.29, 0.717) is 16.9 Å². The maximum Gasteiger partial charge on any atom is 0.270 e. The van der Waals surface area contributed by atoms with Crippen molar-refractivity contribution in [3.8, 4) is 33.9 Å². The van der Waals surface area contributed by atoms with Crippen LogP contribution in [0.4, 0.5) is 0 Å². The molecule has 0 aliphatic rings. The van der Waals surface area contributed by atoms with Crippen molar-refractivity contribution >= 4 is 16.7 Å². The van der Waals surface area contributed by atoms with E-state index in [2.05, 4.69) is 4.98 Å². The number of nitrogens with one attached hydrogen (secondary N) is 1. The Balaban J connectivity index is 1.91. The number of rotatable bonds is 4. The number of aromatic amines is 1. The standard InChI is InChI=1S/C22H19N3O2/c1-27-16-11-17(13-5-3-2-4-6-13)21(26)18(12-16)20-10-15-9-14(22(23)24)7-8-19(15)25-20/h2-12,25-26H,1H3,(H3,23,24)/p+1. The lowest BCUT2D eigenvalue weighted by Crippen LogP contribution is -2.46. The normalized spacial score (nSPS) is 10.9. The molecule has 134 valence electrons. The molecule has 0 spiro atoms. The SMILES string of the molecule is COc1cc(-c2ccccc2)c(O)c(-c2cc3cc(C(N)=[NH2+])ccc3[nH]2)c1. The Morgan fingerprint density at radius 2 is 1.74 bits per heavy atom. The van der Waals surface area contributed by atoms with E-state index in [-0.39, 0.29) is 11.6 Å². The summed E-state index contributed by atoms with van der Waals surface area (Å²) in [5.74, 6) is 1.13. The van der Waals surface area contributed by atoms with Gasteiger partial charge in [-0.1, -0.05) is 30.3 Å². The molecule has 27 heavy (non-hydrogen) atoms. The minimum absolute atomic E-state index is 0.193. The Morgan fingerprint density at radius 3 is 2.44 bits per heavy atom. The van der Waals surface area contributed by atoms with E-state index in [1.54, 1.807) is 7.11 Å². The number of benzene rings is 3. The average Bonchev–Trinajstić information content (AvgIpc) is 3.11. The van der Waals surface area contributed by atoms with Gasteiger partial charge in [-0.3, -0.25) is 11.1 Å². The van der Waals surface area contributed by atoms with Gasteiger partial charge in [0.15, 0.2) is 0 Å². The van der Waals surface area contributed by atoms with Crippen LogP contribution in [0.25, 0.3) is 33.3 Å². The molecule has 0 atom stereocenters. The highest BCUT2D eigenvalue weighted by molar-refractivity contribution is 5.98. The Morgan fingerprint density at radius 1 is 1.00 bits per heavy atom. The number of amidine groups is 1. The van der Waals surface area contributed by atoms with Crippen LogP contribution in [0.3, 0.4) is 0 Å². The second-order valence-corrected chi connectivity index (χ2v) is 6.38. The third kappa shape index (κ3) is 3.00. The van der Waals surface area contributed by atoms with Crippen LogP contribution in [0, 0.1) is 0 Å². The highest BCUT2D eigenvalue weighted by atomic mass is 16.5. The zero-order valence-corrected chi connectivity index (χ0v) is 14.9. The Kier molecular flexibility index (Phi) is 4.05. The molecule has 6 N–H and O–H groups in total. The molecule has 0 amide bonds. The van der Waals surface area contributed by atoms with Crippen LogP contribution in [0.1, 0.15) is 5.56 Å². The molecule has 0 unspecified atom stereocenters. The summed E-state index contributed by atoms with van der Waals surface area (Å²) in [7, 11) is 1.61. The fourth-order valence-corrected chi connectivity index (χ4v) is 3.23. The van der Waals surface area contributed by atoms with Gasteiger partial charge >= 0.3 is 0 Å². The molecule has 0 saturated carbocycles. The van der Waals surface area contributed by atoms with Crippen molar-refractivity contribution in [2.75, 3.05) is 7.11 Å². The van der Waals surface area contributed by atoms with E-state index in [0.717, 1.165) is 27.7 Å². The number of hydrogen-bond donors (Lipinski definition) is 4. The summed E-state index contributed by atoms with van der Waals surface area (Å²) in [6.45, 7) is 0. The molecule has 5 heteroatoms. The number of fused-ring (bicyclic) bond motifs is 1. The second-order valence-electron chi connectivity index (χ2n) is 6.38. The lowest BCUT2D eigenvalue weighted by Gasteiger charge is -2.12. The summed E-state index contributed by atoms with van der Waals surface area (Å²) < 4.78 is 5.46. The average molecular weight is 358 g/mol. The van der Waals surface area contributed by atoms with Gasteiger partial charge < -0.3 is 14.8 Å². The summed E-state index contributed by atoms with van der Waals surface area (Å²) in [4.78, 5) is 3.34. The van der Waals surface area contributed by atoms with Crippen molar-refractivity contribution in [1.82, 2.24) is 4.98 Å². The maximum absolute atomic E-state index is 11.0. The fourth-order valence-electron chi connectivity index (χ4n) is 3.23. The van der Waals surface area contributed by atoms with Crippen molar-refractivity contribution in [3.63, 3.8) is 0 Å². The summed E-state index contributed by atoms with van der Waals surface area (Å²) in [6, 6.07) is 21.0. The first-order valence-corrected chi connectivity index (χ1v) is 8.54. The van der Waals surface area contributed by atoms with Gasteiger partial charge in [-0.2, -0.15) is 0 Å². The summed E-state index contributed by atoms with van der Waals surface area (Å²) in [5.41, 5.74) is 10.5. The molecule has 1 aromatic heterocycles. The zero-order valence-electron chi connectivity index (χ0n) is 14.9. The molecule has 0 fully saturated rings. The minimum Gasteiger partial charge on any atom is -0.507 e. The van der Waals surface area contributed by atoms with E-state index < -0.39 is 0 Å². The minimum atomic E-state index is 0.193. The number of phenols is 1. The lowest BCUT2D eigenvalue weighted by atomic mass is 9.99. The van der Waals surface area contributed by atoms with Gasteiger partial charge in [-0.05, 0) is 42.0 Å². The van der Waals surface area contributed by atoms with Gasteiger partial charge in [0.2, 0.25) is 0 Å². The third-order valence-electron chi connectivity index (χ3n) is 4.65. The smallest absolute Gasteiger partial charge is 0.270 e. The number of aromatic nitrogens is 1. The number of ether oxygens (including phenoxy) is 1. The molecule has 1 heterocycles. The molecule has 4 rings (SSSR count). The number of phenolic OH excluding ortho intramolecular Hbond substituents is 1. The van der Waals surface area contributed by atoms with Crippen molar-refractivity contribution in [3.05, 3.63) is 72.3 Å². The highest BCUT2D eigenvalue weighted by Gasteiger charge is 2.16. The second kappa shape index (κ2) is 6.53. The van der Waals surface area contributed by atoms with Gasteiger partial charge in [0, 0.05) is 22.0 Å². The first-order chi connectivity index (χ1) is 13.1. The van der Waals surface area contributed by atoms with Crippen LogP contribution in [0.5, 0.6) is 11.5 Å². The number of methoxy groups -OCH3 is 1. The zero-order chi connectivity index (χ0) is 19.0. The summed E-state index contributed by atoms with van der Waals surface area (Å²) in [6.07, 6.45) is 0.